The van der Waals surface area contributed by atoms with Crippen LogP contribution in [0.4, 0.5) is 0 Å². The van der Waals surface area contributed by atoms with Gasteiger partial charge in [-0.15, -0.1) is 26.7 Å². The molecule has 0 spiro atoms. The SMILES string of the molecule is PP[C@@]1(P)CPCN1. The molecule has 0 aromatic heterocycles. The van der Waals surface area contributed by atoms with Crippen molar-refractivity contribution >= 4 is 35.0 Å². The average Bonchev–Trinajstić information content (AvgIpc) is 2.17. The van der Waals surface area contributed by atoms with E-state index in [9.17, 15) is 0 Å². The van der Waals surface area contributed by atoms with Crippen LogP contribution in [-0.2, 0) is 0 Å². The Morgan fingerprint density at radius 2 is 2.50 bits per heavy atom. The molecule has 0 amide bonds. The highest BCUT2D eigenvalue weighted by atomic mass is 32.0. The van der Waals surface area contributed by atoms with Gasteiger partial charge < -0.3 is 5.32 Å². The largest absolute Gasteiger partial charge is 0.300 e. The Morgan fingerprint density at radius 1 is 1.75 bits per heavy atom. The first-order chi connectivity index (χ1) is 3.77. The first kappa shape index (κ1) is 7.78. The van der Waals surface area contributed by atoms with E-state index in [0.29, 0.717) is 5.02 Å². The van der Waals surface area contributed by atoms with Crippen LogP contribution < -0.4 is 5.32 Å². The van der Waals surface area contributed by atoms with Gasteiger partial charge in [0.2, 0.25) is 0 Å². The fourth-order valence-corrected chi connectivity index (χ4v) is 4.84. The quantitative estimate of drug-likeness (QED) is 0.605. The highest BCUT2D eigenvalue weighted by molar-refractivity contribution is 8.05. The minimum Gasteiger partial charge on any atom is -0.300 e. The Labute approximate surface area is 58.4 Å². The van der Waals surface area contributed by atoms with Crippen LogP contribution in [0.2, 0.25) is 0 Å². The van der Waals surface area contributed by atoms with Gasteiger partial charge in [-0.25, -0.2) is 0 Å². The van der Waals surface area contributed by atoms with Gasteiger partial charge in [-0.05, 0) is 6.16 Å². The van der Waals surface area contributed by atoms with Crippen molar-refractivity contribution in [3.05, 3.63) is 0 Å². The van der Waals surface area contributed by atoms with Crippen LogP contribution in [-0.4, -0.2) is 17.5 Å². The van der Waals surface area contributed by atoms with E-state index < -0.39 is 0 Å². The molecule has 0 aliphatic carbocycles. The Kier molecular flexibility index (Phi) is 3.10. The van der Waals surface area contributed by atoms with E-state index in [1.54, 1.807) is 0 Å². The predicted octanol–water partition coefficient (Wildman–Crippen LogP) is 1.22. The van der Waals surface area contributed by atoms with Crippen LogP contribution in [0.15, 0.2) is 0 Å². The van der Waals surface area contributed by atoms with Crippen molar-refractivity contribution in [3.8, 4) is 0 Å². The van der Waals surface area contributed by atoms with Gasteiger partial charge in [0.1, 0.15) is 0 Å². The molecular weight excluding hydrogens is 174 g/mol. The van der Waals surface area contributed by atoms with Crippen LogP contribution in [0.3, 0.4) is 0 Å². The summed E-state index contributed by atoms with van der Waals surface area (Å²) in [7, 11) is 7.77. The van der Waals surface area contributed by atoms with Gasteiger partial charge in [0.05, 0.1) is 5.02 Å². The lowest BCUT2D eigenvalue weighted by atomic mass is 10.7. The van der Waals surface area contributed by atoms with Gasteiger partial charge in [-0.2, -0.15) is 0 Å². The van der Waals surface area contributed by atoms with E-state index >= 15 is 0 Å². The molecule has 1 aliphatic rings. The molecule has 0 radical (unpaired) electrons. The maximum atomic E-state index is 3.45. The Balaban J connectivity index is 2.40. The number of hydrogen-bond acceptors (Lipinski definition) is 1. The molecule has 1 saturated heterocycles. The number of hydrogen-bond donors (Lipinski definition) is 1. The first-order valence-corrected chi connectivity index (χ1v) is 7.29. The zero-order chi connectivity index (χ0) is 6.04. The summed E-state index contributed by atoms with van der Waals surface area (Å²) in [6.07, 6.45) is 2.57. The van der Waals surface area contributed by atoms with Crippen molar-refractivity contribution in [1.82, 2.24) is 5.32 Å². The van der Waals surface area contributed by atoms with Gasteiger partial charge in [0.25, 0.3) is 0 Å². The molecule has 0 saturated carbocycles. The van der Waals surface area contributed by atoms with Crippen LogP contribution in [0, 0.1) is 0 Å². The molecule has 1 nitrogen and oxygen atoms in total. The lowest BCUT2D eigenvalue weighted by molar-refractivity contribution is 0.776. The Hall–Kier alpha value is 1.68. The van der Waals surface area contributed by atoms with E-state index in [-0.39, 0.29) is 0 Å². The van der Waals surface area contributed by atoms with Crippen molar-refractivity contribution in [3.63, 3.8) is 0 Å². The Bertz CT molecular complexity index is 79.4. The second-order valence-corrected chi connectivity index (χ2v) is 6.71. The van der Waals surface area contributed by atoms with E-state index in [1.807, 2.05) is 0 Å². The van der Waals surface area contributed by atoms with Crippen LogP contribution in [0.1, 0.15) is 0 Å². The maximum absolute atomic E-state index is 3.45. The average molecular weight is 185 g/mol. The molecule has 4 unspecified atom stereocenters. The van der Waals surface area contributed by atoms with Gasteiger partial charge in [0, 0.05) is 6.29 Å². The number of nitrogens with one attached hydrogen (secondary N) is 1. The van der Waals surface area contributed by atoms with Crippen molar-refractivity contribution in [1.29, 1.82) is 0 Å². The normalized spacial score (nSPS) is 42.8. The monoisotopic (exact) mass is 185 g/mol. The summed E-state index contributed by atoms with van der Waals surface area (Å²) in [5.41, 5.74) is 0. The topological polar surface area (TPSA) is 12.0 Å². The van der Waals surface area contributed by atoms with Gasteiger partial charge in [-0.1, -0.05) is 8.27 Å². The molecule has 48 valence electrons. The van der Waals surface area contributed by atoms with Crippen molar-refractivity contribution in [2.75, 3.05) is 12.4 Å². The standard InChI is InChI=1S/C3H11NP4/c5-3(8-6)1-7-2-4-3/h4,7-8H,1-2,5-6H2/t3-/m0/s1. The molecule has 1 heterocycles. The first-order valence-electron chi connectivity index (χ1n) is 2.49. The second-order valence-electron chi connectivity index (χ2n) is 1.90. The molecule has 1 aliphatic heterocycles. The molecule has 8 heavy (non-hydrogen) atoms. The summed E-state index contributed by atoms with van der Waals surface area (Å²) in [5, 5.41) is 3.86. The molecular formula is C3H11NP4. The molecule has 0 bridgehead atoms. The molecule has 0 aromatic rings. The lowest BCUT2D eigenvalue weighted by Gasteiger charge is -2.20. The number of rotatable bonds is 1. The van der Waals surface area contributed by atoms with Crippen LogP contribution in [0.5, 0.6) is 0 Å². The molecule has 0 aromatic carbocycles. The molecule has 1 rings (SSSR count). The third kappa shape index (κ3) is 1.83. The van der Waals surface area contributed by atoms with Gasteiger partial charge >= 0.3 is 0 Å². The zero-order valence-corrected chi connectivity index (χ0v) is 8.88. The smallest absolute Gasteiger partial charge is 0.0566 e. The minimum atomic E-state index is 0.406. The Morgan fingerprint density at radius 3 is 2.75 bits per heavy atom. The molecule has 5 heteroatoms. The van der Waals surface area contributed by atoms with Gasteiger partial charge in [-0.3, -0.25) is 0 Å². The summed E-state index contributed by atoms with van der Waals surface area (Å²) in [5.74, 6) is 0. The van der Waals surface area contributed by atoms with E-state index in [0.717, 1.165) is 16.9 Å². The van der Waals surface area contributed by atoms with Crippen molar-refractivity contribution in [2.24, 2.45) is 0 Å². The highest BCUT2D eigenvalue weighted by Gasteiger charge is 2.25. The van der Waals surface area contributed by atoms with Crippen molar-refractivity contribution < 1.29 is 0 Å². The summed E-state index contributed by atoms with van der Waals surface area (Å²) < 4.78 is 0. The summed E-state index contributed by atoms with van der Waals surface area (Å²) in [6, 6.07) is 0. The van der Waals surface area contributed by atoms with Crippen molar-refractivity contribution in [2.45, 2.75) is 5.02 Å². The molecule has 1 fully saturated rings. The third-order valence-corrected chi connectivity index (χ3v) is 7.51. The van der Waals surface area contributed by atoms with Crippen LogP contribution >= 0.6 is 35.0 Å². The van der Waals surface area contributed by atoms with E-state index in [4.69, 9.17) is 0 Å². The maximum Gasteiger partial charge on any atom is 0.0566 e. The molecule has 1 N–H and O–H groups in total. The fraction of sp³-hybridized carbons (Fsp3) is 1.00. The molecule has 5 atom stereocenters. The summed E-state index contributed by atoms with van der Waals surface area (Å²) in [4.78, 5) is 0. The lowest BCUT2D eigenvalue weighted by Crippen LogP contribution is -2.28. The minimum absolute atomic E-state index is 0.406. The summed E-state index contributed by atoms with van der Waals surface area (Å²) >= 11 is 0. The highest BCUT2D eigenvalue weighted by Crippen LogP contribution is 2.48. The zero-order valence-electron chi connectivity index (χ0n) is 4.57. The van der Waals surface area contributed by atoms with Gasteiger partial charge in [0.15, 0.2) is 0 Å². The third-order valence-electron chi connectivity index (χ3n) is 1.19. The van der Waals surface area contributed by atoms with E-state index in [1.165, 1.54) is 12.4 Å². The van der Waals surface area contributed by atoms with E-state index in [2.05, 4.69) is 23.5 Å². The second kappa shape index (κ2) is 3.18. The van der Waals surface area contributed by atoms with Crippen LogP contribution in [0.25, 0.3) is 0 Å². The predicted molar refractivity (Wildman–Crippen MR) is 51.7 cm³/mol. The summed E-state index contributed by atoms with van der Waals surface area (Å²) in [6.45, 7) is 0. The fourth-order valence-electron chi connectivity index (χ4n) is 0.644.